The lowest BCUT2D eigenvalue weighted by molar-refractivity contribution is 0.213. The number of nitrogens with zero attached hydrogens (tertiary/aromatic N) is 5. The molecule has 1 aliphatic heterocycles. The van der Waals surface area contributed by atoms with Gasteiger partial charge in [0.2, 0.25) is 5.88 Å². The van der Waals surface area contributed by atoms with E-state index < -0.39 is 0 Å². The molecule has 3 heterocycles. The maximum absolute atomic E-state index is 5.90. The Morgan fingerprint density at radius 1 is 1.04 bits per heavy atom. The molecule has 144 valence electrons. The van der Waals surface area contributed by atoms with Gasteiger partial charge >= 0.3 is 0 Å². The zero-order chi connectivity index (χ0) is 18.9. The summed E-state index contributed by atoms with van der Waals surface area (Å²) in [5.74, 6) is 2.92. The molecule has 0 spiro atoms. The van der Waals surface area contributed by atoms with Crippen molar-refractivity contribution in [3.63, 3.8) is 0 Å². The molecule has 0 unspecified atom stereocenters. The van der Waals surface area contributed by atoms with E-state index >= 15 is 0 Å². The van der Waals surface area contributed by atoms with E-state index in [1.54, 1.807) is 6.33 Å². The minimum Gasteiger partial charge on any atom is -0.476 e. The molecule has 2 aromatic rings. The number of hydrogen-bond acceptors (Lipinski definition) is 6. The highest BCUT2D eigenvalue weighted by Crippen LogP contribution is 2.39. The van der Waals surface area contributed by atoms with Crippen molar-refractivity contribution in [2.45, 2.75) is 57.8 Å². The lowest BCUT2D eigenvalue weighted by Gasteiger charge is -2.32. The second-order valence-corrected chi connectivity index (χ2v) is 8.82. The summed E-state index contributed by atoms with van der Waals surface area (Å²) in [7, 11) is 0. The quantitative estimate of drug-likeness (QED) is 0.802. The Balaban J connectivity index is 1.26. The fraction of sp³-hybridized carbons (Fsp3) is 0.619. The van der Waals surface area contributed by atoms with E-state index in [1.165, 1.54) is 18.5 Å². The van der Waals surface area contributed by atoms with Crippen LogP contribution in [0, 0.1) is 5.92 Å². The van der Waals surface area contributed by atoms with Crippen LogP contribution in [0.2, 0.25) is 0 Å². The summed E-state index contributed by atoms with van der Waals surface area (Å²) in [5, 5.41) is 8.52. The molecule has 6 nitrogen and oxygen atoms in total. The number of aromatic nitrogens is 4. The number of anilines is 1. The van der Waals surface area contributed by atoms with Gasteiger partial charge in [0.1, 0.15) is 12.1 Å². The first-order chi connectivity index (χ1) is 13.0. The highest BCUT2D eigenvalue weighted by atomic mass is 16.5. The monoisotopic (exact) mass is 367 g/mol. The molecule has 1 saturated carbocycles. The molecule has 6 heteroatoms. The van der Waals surface area contributed by atoms with Crippen LogP contribution in [0.4, 0.5) is 5.82 Å². The van der Waals surface area contributed by atoms with Crippen molar-refractivity contribution in [2.75, 3.05) is 24.6 Å². The van der Waals surface area contributed by atoms with E-state index in [1.807, 2.05) is 12.1 Å². The van der Waals surface area contributed by atoms with Crippen LogP contribution in [0.15, 0.2) is 24.5 Å². The molecule has 2 aliphatic rings. The van der Waals surface area contributed by atoms with E-state index in [2.05, 4.69) is 51.9 Å². The van der Waals surface area contributed by atoms with Crippen LogP contribution < -0.4 is 9.64 Å². The molecule has 0 bridgehead atoms. The fourth-order valence-electron chi connectivity index (χ4n) is 3.47. The van der Waals surface area contributed by atoms with Crippen molar-refractivity contribution < 1.29 is 4.74 Å². The Bertz CT molecular complexity index is 759. The van der Waals surface area contributed by atoms with Crippen LogP contribution in [-0.4, -0.2) is 39.9 Å². The van der Waals surface area contributed by atoms with Crippen molar-refractivity contribution in [2.24, 2.45) is 5.92 Å². The summed E-state index contributed by atoms with van der Waals surface area (Å²) in [6.45, 7) is 9.14. The standard InChI is InChI=1S/C21H29N5O/c1-21(2,3)18-6-7-20(25-24-18)27-13-15-8-10-26(11-9-15)19-12-17(16-4-5-16)22-14-23-19/h6-7,12,14-16H,4-5,8-11,13H2,1-3H3. The molecule has 2 aromatic heterocycles. The van der Waals surface area contributed by atoms with Crippen molar-refractivity contribution >= 4 is 5.82 Å². The lowest BCUT2D eigenvalue weighted by Crippen LogP contribution is -2.36. The molecule has 0 amide bonds. The molecule has 1 aliphatic carbocycles. The van der Waals surface area contributed by atoms with Gasteiger partial charge in [0, 0.05) is 42.2 Å². The van der Waals surface area contributed by atoms with Crippen LogP contribution in [0.1, 0.15) is 63.8 Å². The molecular weight excluding hydrogens is 338 g/mol. The predicted molar refractivity (Wildman–Crippen MR) is 105 cm³/mol. The summed E-state index contributed by atoms with van der Waals surface area (Å²) in [4.78, 5) is 11.3. The van der Waals surface area contributed by atoms with E-state index in [9.17, 15) is 0 Å². The summed E-state index contributed by atoms with van der Waals surface area (Å²) in [5.41, 5.74) is 2.21. The molecule has 27 heavy (non-hydrogen) atoms. The molecular formula is C21H29N5O. The van der Waals surface area contributed by atoms with Gasteiger partial charge in [-0.25, -0.2) is 9.97 Å². The number of ether oxygens (including phenoxy) is 1. The topological polar surface area (TPSA) is 64.0 Å². The molecule has 2 fully saturated rings. The molecule has 0 radical (unpaired) electrons. The molecule has 4 rings (SSSR count). The molecule has 1 saturated heterocycles. The van der Waals surface area contributed by atoms with Crippen molar-refractivity contribution in [3.8, 4) is 5.88 Å². The van der Waals surface area contributed by atoms with Gasteiger partial charge in [-0.05, 0) is 37.7 Å². The minimum absolute atomic E-state index is 0.0126. The highest BCUT2D eigenvalue weighted by Gasteiger charge is 2.27. The van der Waals surface area contributed by atoms with Gasteiger partial charge in [-0.1, -0.05) is 20.8 Å². The lowest BCUT2D eigenvalue weighted by atomic mass is 9.92. The van der Waals surface area contributed by atoms with Gasteiger partial charge in [-0.2, -0.15) is 5.10 Å². The summed E-state index contributed by atoms with van der Waals surface area (Å²) in [6.07, 6.45) is 6.48. The smallest absolute Gasteiger partial charge is 0.233 e. The molecule has 0 aromatic carbocycles. The summed E-state index contributed by atoms with van der Waals surface area (Å²) < 4.78 is 5.90. The van der Waals surface area contributed by atoms with E-state index in [0.29, 0.717) is 24.3 Å². The van der Waals surface area contributed by atoms with Crippen LogP contribution >= 0.6 is 0 Å². The van der Waals surface area contributed by atoms with Gasteiger partial charge in [0.15, 0.2) is 0 Å². The third-order valence-corrected chi connectivity index (χ3v) is 5.48. The molecule has 0 atom stereocenters. The van der Waals surface area contributed by atoms with E-state index in [4.69, 9.17) is 4.74 Å². The number of piperidine rings is 1. The third kappa shape index (κ3) is 4.54. The fourth-order valence-corrected chi connectivity index (χ4v) is 3.47. The van der Waals surface area contributed by atoms with E-state index in [0.717, 1.165) is 37.4 Å². The van der Waals surface area contributed by atoms with Crippen LogP contribution in [-0.2, 0) is 5.41 Å². The number of rotatable bonds is 5. The first-order valence-electron chi connectivity index (χ1n) is 10.0. The molecule has 0 N–H and O–H groups in total. The van der Waals surface area contributed by atoms with Crippen molar-refractivity contribution in [1.29, 1.82) is 0 Å². The van der Waals surface area contributed by atoms with Gasteiger partial charge in [0.25, 0.3) is 0 Å². The predicted octanol–water partition coefficient (Wildman–Crippen LogP) is 3.74. The van der Waals surface area contributed by atoms with Crippen LogP contribution in [0.5, 0.6) is 5.88 Å². The third-order valence-electron chi connectivity index (χ3n) is 5.48. The van der Waals surface area contributed by atoms with Gasteiger partial charge < -0.3 is 9.64 Å². The Kier molecular flexibility index (Phi) is 4.98. The maximum atomic E-state index is 5.90. The Morgan fingerprint density at radius 2 is 1.81 bits per heavy atom. The first kappa shape index (κ1) is 18.1. The Labute approximate surface area is 161 Å². The summed E-state index contributed by atoms with van der Waals surface area (Å²) in [6, 6.07) is 6.13. The van der Waals surface area contributed by atoms with Crippen molar-refractivity contribution in [3.05, 3.63) is 35.9 Å². The second-order valence-electron chi connectivity index (χ2n) is 8.82. The normalized spacial score (nSPS) is 18.6. The maximum Gasteiger partial charge on any atom is 0.233 e. The number of hydrogen-bond donors (Lipinski definition) is 0. The Hall–Kier alpha value is -2.24. The van der Waals surface area contributed by atoms with Gasteiger partial charge in [0.05, 0.1) is 12.3 Å². The van der Waals surface area contributed by atoms with E-state index in [-0.39, 0.29) is 5.41 Å². The highest BCUT2D eigenvalue weighted by molar-refractivity contribution is 5.40. The summed E-state index contributed by atoms with van der Waals surface area (Å²) >= 11 is 0. The van der Waals surface area contributed by atoms with Gasteiger partial charge in [-0.15, -0.1) is 5.10 Å². The average Bonchev–Trinajstić information content (AvgIpc) is 3.52. The first-order valence-corrected chi connectivity index (χ1v) is 10.0. The van der Waals surface area contributed by atoms with Crippen LogP contribution in [0.3, 0.4) is 0 Å². The van der Waals surface area contributed by atoms with Crippen LogP contribution in [0.25, 0.3) is 0 Å². The zero-order valence-corrected chi connectivity index (χ0v) is 16.6. The second kappa shape index (κ2) is 7.41. The SMILES string of the molecule is CC(C)(C)c1ccc(OCC2CCN(c3cc(C4CC4)ncn3)CC2)nn1. The Morgan fingerprint density at radius 3 is 2.44 bits per heavy atom. The van der Waals surface area contributed by atoms with Crippen molar-refractivity contribution in [1.82, 2.24) is 20.2 Å². The minimum atomic E-state index is 0.0126. The largest absolute Gasteiger partial charge is 0.476 e. The van der Waals surface area contributed by atoms with Gasteiger partial charge in [-0.3, -0.25) is 0 Å². The zero-order valence-electron chi connectivity index (χ0n) is 16.6. The average molecular weight is 367 g/mol.